The number of hydrogen-bond acceptors (Lipinski definition) is 4. The van der Waals surface area contributed by atoms with Crippen LogP contribution in [0, 0.1) is 0 Å². The number of anilines is 1. The van der Waals surface area contributed by atoms with Gasteiger partial charge in [-0.05, 0) is 25.5 Å². The predicted octanol–water partition coefficient (Wildman–Crippen LogP) is 1.28. The van der Waals surface area contributed by atoms with Crippen LogP contribution in [0.5, 0.6) is 0 Å². The molecular formula is C11H17N3OS2. The largest absolute Gasteiger partial charge is 0.388 e. The minimum absolute atomic E-state index is 0.250. The van der Waals surface area contributed by atoms with Crippen molar-refractivity contribution in [3.8, 4) is 0 Å². The van der Waals surface area contributed by atoms with E-state index in [-0.39, 0.29) is 11.0 Å². The first-order chi connectivity index (χ1) is 7.99. The molecule has 94 valence electrons. The molecule has 1 heterocycles. The molecule has 6 heteroatoms. The molecule has 0 aromatic carbocycles. The van der Waals surface area contributed by atoms with E-state index in [4.69, 9.17) is 18.0 Å². The Morgan fingerprint density at radius 1 is 1.71 bits per heavy atom. The molecule has 0 saturated heterocycles. The lowest BCUT2D eigenvalue weighted by molar-refractivity contribution is 0.678. The molecule has 4 nitrogen and oxygen atoms in total. The highest BCUT2D eigenvalue weighted by molar-refractivity contribution is 7.84. The predicted molar refractivity (Wildman–Crippen MR) is 76.8 cm³/mol. The molecule has 17 heavy (non-hydrogen) atoms. The number of thiocarbonyl (C=S) groups is 1. The van der Waals surface area contributed by atoms with Gasteiger partial charge < -0.3 is 11.1 Å². The lowest BCUT2D eigenvalue weighted by atomic mass is 10.2. The third-order valence-corrected chi connectivity index (χ3v) is 3.28. The van der Waals surface area contributed by atoms with Crippen LogP contribution in [0.25, 0.3) is 0 Å². The number of rotatable bonds is 6. The highest BCUT2D eigenvalue weighted by Crippen LogP contribution is 2.10. The van der Waals surface area contributed by atoms with Crippen molar-refractivity contribution in [2.24, 2.45) is 5.73 Å². The van der Waals surface area contributed by atoms with E-state index in [1.807, 2.05) is 19.1 Å². The van der Waals surface area contributed by atoms with Gasteiger partial charge in [0, 0.05) is 40.7 Å². The molecule has 3 N–H and O–H groups in total. The number of nitrogens with zero attached hydrogens (tertiary/aromatic N) is 1. The van der Waals surface area contributed by atoms with Crippen molar-refractivity contribution in [2.45, 2.75) is 19.4 Å². The zero-order valence-electron chi connectivity index (χ0n) is 9.97. The van der Waals surface area contributed by atoms with E-state index in [9.17, 15) is 4.21 Å². The van der Waals surface area contributed by atoms with E-state index >= 15 is 0 Å². The third-order valence-electron chi connectivity index (χ3n) is 2.26. The maximum absolute atomic E-state index is 11.0. The molecule has 0 aliphatic carbocycles. The average molecular weight is 271 g/mol. The van der Waals surface area contributed by atoms with Crippen molar-refractivity contribution in [1.29, 1.82) is 0 Å². The maximum atomic E-state index is 11.0. The molecule has 1 aromatic rings. The molecule has 0 saturated carbocycles. The quantitative estimate of drug-likeness (QED) is 0.763. The molecule has 0 bridgehead atoms. The van der Waals surface area contributed by atoms with Gasteiger partial charge in [0.25, 0.3) is 0 Å². The highest BCUT2D eigenvalue weighted by Gasteiger charge is 2.05. The van der Waals surface area contributed by atoms with Gasteiger partial charge in [-0.1, -0.05) is 12.2 Å². The standard InChI is InChI=1S/C11H17N3OS2/c1-8(4-6-17(2)15)14-9-3-5-13-10(7-9)11(12)16/h3,5,7-8H,4,6H2,1-2H3,(H2,12,16)(H,13,14). The second-order valence-corrected chi connectivity index (χ2v) is 5.90. The van der Waals surface area contributed by atoms with Crippen molar-refractivity contribution in [3.63, 3.8) is 0 Å². The monoisotopic (exact) mass is 271 g/mol. The molecule has 0 fully saturated rings. The van der Waals surface area contributed by atoms with Gasteiger partial charge in [0.05, 0.1) is 5.69 Å². The Kier molecular flexibility index (Phi) is 5.50. The van der Waals surface area contributed by atoms with Crippen LogP contribution in [-0.2, 0) is 10.8 Å². The van der Waals surface area contributed by atoms with Gasteiger partial charge in [0.15, 0.2) is 0 Å². The van der Waals surface area contributed by atoms with Crippen molar-refractivity contribution in [1.82, 2.24) is 4.98 Å². The third kappa shape index (κ3) is 5.23. The summed E-state index contributed by atoms with van der Waals surface area (Å²) >= 11 is 4.87. The number of hydrogen-bond donors (Lipinski definition) is 2. The molecular weight excluding hydrogens is 254 g/mol. The van der Waals surface area contributed by atoms with Gasteiger partial charge in [-0.3, -0.25) is 9.19 Å². The summed E-state index contributed by atoms with van der Waals surface area (Å²) in [6, 6.07) is 3.93. The Labute approximate surface area is 109 Å². The SMILES string of the molecule is CC(CCS(C)=O)Nc1ccnc(C(N)=S)c1. The molecule has 0 aliphatic rings. The number of nitrogens with two attached hydrogens (primary N) is 1. The second-order valence-electron chi connectivity index (χ2n) is 3.91. The van der Waals surface area contributed by atoms with Crippen LogP contribution in [-0.4, -0.2) is 32.2 Å². The fraction of sp³-hybridized carbons (Fsp3) is 0.455. The van der Waals surface area contributed by atoms with Crippen molar-refractivity contribution in [2.75, 3.05) is 17.3 Å². The Hall–Kier alpha value is -1.01. The Morgan fingerprint density at radius 2 is 2.41 bits per heavy atom. The summed E-state index contributed by atoms with van der Waals surface area (Å²) in [5.74, 6) is 0.696. The van der Waals surface area contributed by atoms with Crippen molar-refractivity contribution < 1.29 is 4.21 Å². The number of pyridine rings is 1. The van der Waals surface area contributed by atoms with Crippen LogP contribution in [0.1, 0.15) is 19.0 Å². The summed E-state index contributed by atoms with van der Waals surface area (Å²) in [6.45, 7) is 2.05. The number of aromatic nitrogens is 1. The van der Waals surface area contributed by atoms with Crippen LogP contribution in [0.4, 0.5) is 5.69 Å². The van der Waals surface area contributed by atoms with E-state index in [2.05, 4.69) is 10.3 Å². The topological polar surface area (TPSA) is 68.0 Å². The van der Waals surface area contributed by atoms with E-state index in [0.29, 0.717) is 11.4 Å². The number of nitrogens with one attached hydrogen (secondary N) is 1. The van der Waals surface area contributed by atoms with E-state index < -0.39 is 10.8 Å². The van der Waals surface area contributed by atoms with Crippen molar-refractivity contribution >= 4 is 33.7 Å². The fourth-order valence-corrected chi connectivity index (χ4v) is 2.15. The summed E-state index contributed by atoms with van der Waals surface area (Å²) < 4.78 is 11.0. The lowest BCUT2D eigenvalue weighted by Crippen LogP contribution is -2.19. The Balaban J connectivity index is 2.58. The average Bonchev–Trinajstić information content (AvgIpc) is 2.26. The highest BCUT2D eigenvalue weighted by atomic mass is 32.2. The molecule has 0 radical (unpaired) electrons. The minimum Gasteiger partial charge on any atom is -0.388 e. The van der Waals surface area contributed by atoms with Gasteiger partial charge in [0.2, 0.25) is 0 Å². The Bertz CT molecular complexity index is 423. The van der Waals surface area contributed by atoms with E-state index in [0.717, 1.165) is 12.1 Å². The summed E-state index contributed by atoms with van der Waals surface area (Å²) in [7, 11) is -0.749. The summed E-state index contributed by atoms with van der Waals surface area (Å²) in [6.07, 6.45) is 4.24. The van der Waals surface area contributed by atoms with Gasteiger partial charge >= 0.3 is 0 Å². The zero-order valence-corrected chi connectivity index (χ0v) is 11.6. The summed E-state index contributed by atoms with van der Waals surface area (Å²) in [5, 5.41) is 3.30. The zero-order chi connectivity index (χ0) is 12.8. The van der Waals surface area contributed by atoms with Gasteiger partial charge in [-0.25, -0.2) is 0 Å². The molecule has 1 aromatic heterocycles. The van der Waals surface area contributed by atoms with E-state index in [1.54, 1.807) is 12.5 Å². The fourth-order valence-electron chi connectivity index (χ4n) is 1.35. The minimum atomic E-state index is -0.749. The molecule has 0 aliphatic heterocycles. The molecule has 0 amide bonds. The Morgan fingerprint density at radius 3 is 3.00 bits per heavy atom. The lowest BCUT2D eigenvalue weighted by Gasteiger charge is -2.14. The molecule has 0 spiro atoms. The van der Waals surface area contributed by atoms with Crippen LogP contribution < -0.4 is 11.1 Å². The molecule has 1 rings (SSSR count). The first kappa shape index (κ1) is 14.1. The van der Waals surface area contributed by atoms with Crippen molar-refractivity contribution in [3.05, 3.63) is 24.0 Å². The summed E-state index contributed by atoms with van der Waals surface area (Å²) in [5.41, 5.74) is 7.05. The van der Waals surface area contributed by atoms with Gasteiger partial charge in [-0.15, -0.1) is 0 Å². The van der Waals surface area contributed by atoms with Crippen LogP contribution >= 0.6 is 12.2 Å². The first-order valence-electron chi connectivity index (χ1n) is 5.31. The first-order valence-corrected chi connectivity index (χ1v) is 7.45. The van der Waals surface area contributed by atoms with Gasteiger partial charge in [-0.2, -0.15) is 0 Å². The molecule has 2 unspecified atom stereocenters. The summed E-state index contributed by atoms with van der Waals surface area (Å²) in [4.78, 5) is 4.35. The second kappa shape index (κ2) is 6.66. The van der Waals surface area contributed by atoms with Gasteiger partial charge in [0.1, 0.15) is 4.99 Å². The van der Waals surface area contributed by atoms with Crippen LogP contribution in [0.3, 0.4) is 0 Å². The molecule has 2 atom stereocenters. The van der Waals surface area contributed by atoms with E-state index in [1.165, 1.54) is 0 Å². The normalized spacial score (nSPS) is 14.0. The maximum Gasteiger partial charge on any atom is 0.122 e. The smallest absolute Gasteiger partial charge is 0.122 e. The van der Waals surface area contributed by atoms with Crippen LogP contribution in [0.15, 0.2) is 18.3 Å². The van der Waals surface area contributed by atoms with Crippen LogP contribution in [0.2, 0.25) is 0 Å².